The molecule has 102 valence electrons. The number of nitriles is 1. The van der Waals surface area contributed by atoms with Crippen molar-refractivity contribution in [1.82, 2.24) is 4.90 Å². The molecule has 19 heavy (non-hydrogen) atoms. The van der Waals surface area contributed by atoms with Crippen LogP contribution in [0.4, 0.5) is 11.4 Å². The zero-order valence-corrected chi connectivity index (χ0v) is 11.5. The van der Waals surface area contributed by atoms with Gasteiger partial charge in [0.2, 0.25) is 0 Å². The van der Waals surface area contributed by atoms with E-state index in [0.717, 1.165) is 18.2 Å². The number of likely N-dealkylation sites (tertiary alicyclic amines) is 1. The van der Waals surface area contributed by atoms with Crippen LogP contribution in [-0.4, -0.2) is 31.6 Å². The van der Waals surface area contributed by atoms with Gasteiger partial charge in [-0.2, -0.15) is 5.26 Å². The average Bonchev–Trinajstić information content (AvgIpc) is 2.43. The van der Waals surface area contributed by atoms with Crippen LogP contribution in [0.1, 0.15) is 24.8 Å². The minimum atomic E-state index is 0.649. The standard InChI is InChI=1S/C15H22N4/c1-19-8-5-12(6-9-19)4-7-18-15-10-13(11-16)2-3-14(15)17/h2-3,10,12,18H,4-9,17H2,1H3. The molecular weight excluding hydrogens is 236 g/mol. The molecule has 4 heteroatoms. The number of hydrogen-bond acceptors (Lipinski definition) is 4. The molecule has 2 rings (SSSR count). The molecule has 0 spiro atoms. The Kier molecular flexibility index (Phi) is 4.64. The summed E-state index contributed by atoms with van der Waals surface area (Å²) in [5, 5.41) is 12.2. The molecule has 0 bridgehead atoms. The number of nitrogens with one attached hydrogen (secondary N) is 1. The van der Waals surface area contributed by atoms with Crippen molar-refractivity contribution in [1.29, 1.82) is 5.26 Å². The molecule has 0 radical (unpaired) electrons. The van der Waals surface area contributed by atoms with Crippen molar-refractivity contribution < 1.29 is 0 Å². The van der Waals surface area contributed by atoms with E-state index in [9.17, 15) is 0 Å². The normalized spacial score (nSPS) is 17.1. The monoisotopic (exact) mass is 258 g/mol. The van der Waals surface area contributed by atoms with E-state index in [4.69, 9.17) is 11.0 Å². The molecule has 0 unspecified atom stereocenters. The van der Waals surface area contributed by atoms with Gasteiger partial charge < -0.3 is 16.0 Å². The number of nitrogens with zero attached hydrogens (tertiary/aromatic N) is 2. The topological polar surface area (TPSA) is 65.1 Å². The zero-order chi connectivity index (χ0) is 13.7. The lowest BCUT2D eigenvalue weighted by Gasteiger charge is -2.29. The van der Waals surface area contributed by atoms with E-state index >= 15 is 0 Å². The molecule has 4 nitrogen and oxygen atoms in total. The third kappa shape index (κ3) is 3.87. The minimum absolute atomic E-state index is 0.649. The molecule has 1 aromatic carbocycles. The van der Waals surface area contributed by atoms with E-state index < -0.39 is 0 Å². The predicted octanol–water partition coefficient (Wildman–Crippen LogP) is 2.28. The van der Waals surface area contributed by atoms with Crippen LogP contribution in [0.15, 0.2) is 18.2 Å². The van der Waals surface area contributed by atoms with Gasteiger partial charge in [0, 0.05) is 6.54 Å². The molecule has 0 amide bonds. The van der Waals surface area contributed by atoms with Crippen molar-refractivity contribution in [2.45, 2.75) is 19.3 Å². The largest absolute Gasteiger partial charge is 0.397 e. The summed E-state index contributed by atoms with van der Waals surface area (Å²) in [5.41, 5.74) is 8.14. The zero-order valence-electron chi connectivity index (χ0n) is 11.5. The van der Waals surface area contributed by atoms with Gasteiger partial charge >= 0.3 is 0 Å². The van der Waals surface area contributed by atoms with Crippen molar-refractivity contribution in [2.24, 2.45) is 5.92 Å². The molecular formula is C15H22N4. The van der Waals surface area contributed by atoms with Gasteiger partial charge in [-0.1, -0.05) is 0 Å². The van der Waals surface area contributed by atoms with Crippen LogP contribution in [0.3, 0.4) is 0 Å². The fraction of sp³-hybridized carbons (Fsp3) is 0.533. The Morgan fingerprint density at radius 3 is 2.84 bits per heavy atom. The van der Waals surface area contributed by atoms with E-state index in [1.807, 2.05) is 6.07 Å². The quantitative estimate of drug-likeness (QED) is 0.813. The maximum atomic E-state index is 8.88. The van der Waals surface area contributed by atoms with Crippen molar-refractivity contribution in [3.8, 4) is 6.07 Å². The Hall–Kier alpha value is -1.73. The Morgan fingerprint density at radius 1 is 1.42 bits per heavy atom. The molecule has 1 aromatic rings. The lowest BCUT2D eigenvalue weighted by atomic mass is 9.94. The van der Waals surface area contributed by atoms with Gasteiger partial charge in [-0.3, -0.25) is 0 Å². The average molecular weight is 258 g/mol. The highest BCUT2D eigenvalue weighted by Gasteiger charge is 2.16. The van der Waals surface area contributed by atoms with Gasteiger partial charge in [0.1, 0.15) is 0 Å². The molecule has 0 aliphatic carbocycles. The van der Waals surface area contributed by atoms with Crippen LogP contribution < -0.4 is 11.1 Å². The molecule has 3 N–H and O–H groups in total. The molecule has 1 heterocycles. The summed E-state index contributed by atoms with van der Waals surface area (Å²) in [7, 11) is 2.18. The summed E-state index contributed by atoms with van der Waals surface area (Å²) in [5.74, 6) is 0.809. The molecule has 1 aliphatic heterocycles. The summed E-state index contributed by atoms with van der Waals surface area (Å²) < 4.78 is 0. The number of nitrogen functional groups attached to an aromatic ring is 1. The third-order valence-corrected chi connectivity index (χ3v) is 3.89. The number of anilines is 2. The Balaban J connectivity index is 1.81. The summed E-state index contributed by atoms with van der Waals surface area (Å²) in [4.78, 5) is 2.39. The first-order valence-electron chi connectivity index (χ1n) is 6.91. The highest BCUT2D eigenvalue weighted by molar-refractivity contribution is 5.68. The second kappa shape index (κ2) is 6.44. The lowest BCUT2D eigenvalue weighted by Crippen LogP contribution is -2.30. The van der Waals surface area contributed by atoms with Crippen molar-refractivity contribution in [3.63, 3.8) is 0 Å². The fourth-order valence-corrected chi connectivity index (χ4v) is 2.54. The van der Waals surface area contributed by atoms with Crippen molar-refractivity contribution in [3.05, 3.63) is 23.8 Å². The Bertz CT molecular complexity index is 456. The van der Waals surface area contributed by atoms with Gasteiger partial charge in [-0.15, -0.1) is 0 Å². The number of hydrogen-bond donors (Lipinski definition) is 2. The molecule has 1 saturated heterocycles. The van der Waals surface area contributed by atoms with Crippen LogP contribution in [0.25, 0.3) is 0 Å². The van der Waals surface area contributed by atoms with Gasteiger partial charge in [0.05, 0.1) is 23.0 Å². The lowest BCUT2D eigenvalue weighted by molar-refractivity contribution is 0.215. The first kappa shape index (κ1) is 13.7. The van der Waals surface area contributed by atoms with E-state index in [-0.39, 0.29) is 0 Å². The summed E-state index contributed by atoms with van der Waals surface area (Å²) in [6, 6.07) is 7.50. The van der Waals surface area contributed by atoms with Gasteiger partial charge in [-0.25, -0.2) is 0 Å². The van der Waals surface area contributed by atoms with Gasteiger partial charge in [0.25, 0.3) is 0 Å². The first-order valence-corrected chi connectivity index (χ1v) is 6.91. The maximum absolute atomic E-state index is 8.88. The highest BCUT2D eigenvalue weighted by Crippen LogP contribution is 2.22. The second-order valence-electron chi connectivity index (χ2n) is 5.38. The van der Waals surface area contributed by atoms with Crippen LogP contribution in [0, 0.1) is 17.2 Å². The minimum Gasteiger partial charge on any atom is -0.397 e. The van der Waals surface area contributed by atoms with Crippen LogP contribution in [0.5, 0.6) is 0 Å². The number of benzene rings is 1. The van der Waals surface area contributed by atoms with Crippen molar-refractivity contribution in [2.75, 3.05) is 37.7 Å². The van der Waals surface area contributed by atoms with Crippen molar-refractivity contribution >= 4 is 11.4 Å². The maximum Gasteiger partial charge on any atom is 0.0992 e. The van der Waals surface area contributed by atoms with Crippen LogP contribution in [0.2, 0.25) is 0 Å². The van der Waals surface area contributed by atoms with E-state index in [1.54, 1.807) is 12.1 Å². The summed E-state index contributed by atoms with van der Waals surface area (Å²) in [6.07, 6.45) is 3.74. The molecule has 1 aliphatic rings. The second-order valence-corrected chi connectivity index (χ2v) is 5.38. The predicted molar refractivity (Wildman–Crippen MR) is 78.9 cm³/mol. The smallest absolute Gasteiger partial charge is 0.0992 e. The fourth-order valence-electron chi connectivity index (χ4n) is 2.54. The van der Waals surface area contributed by atoms with Gasteiger partial charge in [-0.05, 0) is 63.5 Å². The van der Waals surface area contributed by atoms with E-state index in [0.29, 0.717) is 11.3 Å². The Morgan fingerprint density at radius 2 is 2.16 bits per heavy atom. The number of piperidine rings is 1. The SMILES string of the molecule is CN1CCC(CCNc2cc(C#N)ccc2N)CC1. The number of rotatable bonds is 4. The molecule has 0 atom stereocenters. The summed E-state index contributed by atoms with van der Waals surface area (Å²) in [6.45, 7) is 3.33. The third-order valence-electron chi connectivity index (χ3n) is 3.89. The summed E-state index contributed by atoms with van der Waals surface area (Å²) >= 11 is 0. The highest BCUT2D eigenvalue weighted by atomic mass is 15.1. The van der Waals surface area contributed by atoms with E-state index in [2.05, 4.69) is 23.3 Å². The van der Waals surface area contributed by atoms with Crippen LogP contribution in [-0.2, 0) is 0 Å². The van der Waals surface area contributed by atoms with Gasteiger partial charge in [0.15, 0.2) is 0 Å². The Labute approximate surface area is 115 Å². The first-order chi connectivity index (χ1) is 9.19. The number of nitrogens with two attached hydrogens (primary N) is 1. The molecule has 0 saturated carbocycles. The molecule has 1 fully saturated rings. The van der Waals surface area contributed by atoms with E-state index in [1.165, 1.54) is 32.4 Å². The molecule has 0 aromatic heterocycles. The van der Waals surface area contributed by atoms with Crippen LogP contribution >= 0.6 is 0 Å².